The molecule has 168 valence electrons. The second-order valence-electron chi connectivity index (χ2n) is 9.23. The molecule has 4 aromatic rings. The van der Waals surface area contributed by atoms with E-state index >= 15 is 0 Å². The molecule has 4 aromatic carbocycles. The van der Waals surface area contributed by atoms with Gasteiger partial charge in [-0.2, -0.15) is 0 Å². The minimum absolute atomic E-state index is 0.354. The molecule has 0 aliphatic carbocycles. The highest BCUT2D eigenvalue weighted by molar-refractivity contribution is 5.46. The van der Waals surface area contributed by atoms with Crippen LogP contribution in [0.25, 0.3) is 0 Å². The van der Waals surface area contributed by atoms with Crippen LogP contribution in [0.1, 0.15) is 56.7 Å². The van der Waals surface area contributed by atoms with Crippen molar-refractivity contribution in [2.24, 2.45) is 0 Å². The SMILES string of the molecule is C(#C[C@@H]1O[C@@H](C#Cc2ccccc2)c2cc3ccc2CCc2ccc(cc21)CC3)c1ccccc1. The molecule has 2 heterocycles. The van der Waals surface area contributed by atoms with E-state index < -0.39 is 0 Å². The fourth-order valence-corrected chi connectivity index (χ4v) is 4.95. The number of ether oxygens (including phenoxy) is 1. The fraction of sp³-hybridized carbons (Fsp3) is 0.176. The Morgan fingerprint density at radius 3 is 1.43 bits per heavy atom. The van der Waals surface area contributed by atoms with Gasteiger partial charge in [0.1, 0.15) is 12.2 Å². The number of benzene rings is 4. The van der Waals surface area contributed by atoms with Crippen molar-refractivity contribution in [3.05, 3.63) is 142 Å². The smallest absolute Gasteiger partial charge is 0.146 e. The van der Waals surface area contributed by atoms with Crippen molar-refractivity contribution in [3.8, 4) is 23.7 Å². The number of rotatable bonds is 0. The van der Waals surface area contributed by atoms with Crippen molar-refractivity contribution in [3.63, 3.8) is 0 Å². The summed E-state index contributed by atoms with van der Waals surface area (Å²) in [5, 5.41) is 0. The zero-order valence-electron chi connectivity index (χ0n) is 19.6. The third kappa shape index (κ3) is 4.79. The maximum atomic E-state index is 6.86. The third-order valence-electron chi connectivity index (χ3n) is 6.87. The van der Waals surface area contributed by atoms with Gasteiger partial charge in [0.25, 0.3) is 0 Å². The quantitative estimate of drug-likeness (QED) is 0.268. The van der Waals surface area contributed by atoms with Crippen molar-refractivity contribution in [1.82, 2.24) is 0 Å². The summed E-state index contributed by atoms with van der Waals surface area (Å²) < 4.78 is 6.86. The number of fused-ring (bicyclic) bond motifs is 4. The Balaban J connectivity index is 1.52. The van der Waals surface area contributed by atoms with Gasteiger partial charge in [0.15, 0.2) is 0 Å². The summed E-state index contributed by atoms with van der Waals surface area (Å²) in [5.41, 5.74) is 9.65. The molecule has 0 saturated heterocycles. The third-order valence-corrected chi connectivity index (χ3v) is 6.87. The van der Waals surface area contributed by atoms with E-state index in [1.54, 1.807) is 0 Å². The molecule has 2 atom stereocenters. The molecule has 0 fully saturated rings. The summed E-state index contributed by atoms with van der Waals surface area (Å²) in [7, 11) is 0. The number of hydrogen-bond acceptors (Lipinski definition) is 1. The molecule has 4 bridgehead atoms. The van der Waals surface area contributed by atoms with Gasteiger partial charge in [-0.3, -0.25) is 0 Å². The second kappa shape index (κ2) is 9.68. The predicted molar refractivity (Wildman–Crippen MR) is 141 cm³/mol. The van der Waals surface area contributed by atoms with Gasteiger partial charge >= 0.3 is 0 Å². The lowest BCUT2D eigenvalue weighted by atomic mass is 9.89. The van der Waals surface area contributed by atoms with E-state index in [0.29, 0.717) is 0 Å². The Morgan fingerprint density at radius 2 is 0.971 bits per heavy atom. The summed E-state index contributed by atoms with van der Waals surface area (Å²) in [6, 6.07) is 34.1. The van der Waals surface area contributed by atoms with E-state index in [4.69, 9.17) is 4.74 Å². The lowest BCUT2D eigenvalue weighted by molar-refractivity contribution is 0.0510. The lowest BCUT2D eigenvalue weighted by Crippen LogP contribution is -2.10. The maximum absolute atomic E-state index is 6.86. The van der Waals surface area contributed by atoms with Gasteiger partial charge in [0, 0.05) is 11.1 Å². The first kappa shape index (κ1) is 21.5. The highest BCUT2D eigenvalue weighted by Gasteiger charge is 2.25. The standard InChI is InChI=1S/C34H26O/c1-3-7-25(8-4-1)15-21-33-31-23-27-11-12-28-14-18-30(20-19-29(31)17-13-27)32(24-28)34(35-33)22-16-26-9-5-2-6-10-26/h1-10,13-14,17-18,23-24,33-34H,11-12,19-20H2/t33-,34-/m0/s1. The zero-order chi connectivity index (χ0) is 23.5. The molecule has 2 aliphatic rings. The van der Waals surface area contributed by atoms with Crippen LogP contribution in [0.5, 0.6) is 0 Å². The molecule has 0 N–H and O–H groups in total. The summed E-state index contributed by atoms with van der Waals surface area (Å²) in [5.74, 6) is 13.7. The molecule has 0 saturated carbocycles. The average Bonchev–Trinajstić information content (AvgIpc) is 2.95. The maximum Gasteiger partial charge on any atom is 0.146 e. The van der Waals surface area contributed by atoms with E-state index in [1.807, 2.05) is 60.7 Å². The molecular formula is C34H26O. The van der Waals surface area contributed by atoms with E-state index in [-0.39, 0.29) is 12.2 Å². The molecule has 0 radical (unpaired) electrons. The molecule has 0 unspecified atom stereocenters. The molecule has 0 spiro atoms. The van der Waals surface area contributed by atoms with Crippen molar-refractivity contribution < 1.29 is 4.74 Å². The van der Waals surface area contributed by atoms with Gasteiger partial charge in [-0.1, -0.05) is 96.5 Å². The van der Waals surface area contributed by atoms with Gasteiger partial charge in [0.05, 0.1) is 0 Å². The zero-order valence-corrected chi connectivity index (χ0v) is 19.6. The highest BCUT2D eigenvalue weighted by Crippen LogP contribution is 2.35. The van der Waals surface area contributed by atoms with E-state index in [1.165, 1.54) is 33.4 Å². The Bertz CT molecular complexity index is 1360. The molecule has 2 aliphatic heterocycles. The van der Waals surface area contributed by atoms with Crippen LogP contribution >= 0.6 is 0 Å². The minimum Gasteiger partial charge on any atom is -0.340 e. The van der Waals surface area contributed by atoms with Crippen LogP contribution in [0.4, 0.5) is 0 Å². The number of hydrogen-bond donors (Lipinski definition) is 0. The fourth-order valence-electron chi connectivity index (χ4n) is 4.95. The molecule has 0 aromatic heterocycles. The molecule has 6 rings (SSSR count). The van der Waals surface area contributed by atoms with E-state index in [0.717, 1.165) is 36.8 Å². The topological polar surface area (TPSA) is 9.23 Å². The van der Waals surface area contributed by atoms with Crippen molar-refractivity contribution in [1.29, 1.82) is 0 Å². The normalized spacial score (nSPS) is 17.8. The van der Waals surface area contributed by atoms with Gasteiger partial charge in [-0.05, 0) is 83.3 Å². The Labute approximate surface area is 207 Å². The van der Waals surface area contributed by atoms with Crippen LogP contribution in [0.2, 0.25) is 0 Å². The first-order chi connectivity index (χ1) is 17.3. The molecule has 0 amide bonds. The van der Waals surface area contributed by atoms with Crippen LogP contribution in [-0.4, -0.2) is 0 Å². The average molecular weight is 451 g/mol. The Kier molecular flexibility index (Phi) is 5.94. The van der Waals surface area contributed by atoms with Crippen LogP contribution in [0, 0.1) is 23.7 Å². The molecule has 1 heteroatoms. The largest absolute Gasteiger partial charge is 0.340 e. The first-order valence-electron chi connectivity index (χ1n) is 12.3. The van der Waals surface area contributed by atoms with Crippen molar-refractivity contribution in [2.75, 3.05) is 0 Å². The van der Waals surface area contributed by atoms with E-state index in [9.17, 15) is 0 Å². The lowest BCUT2D eigenvalue weighted by Gasteiger charge is -2.21. The van der Waals surface area contributed by atoms with Crippen LogP contribution in [0.3, 0.4) is 0 Å². The van der Waals surface area contributed by atoms with Gasteiger partial charge < -0.3 is 4.74 Å². The monoisotopic (exact) mass is 450 g/mol. The molecule has 35 heavy (non-hydrogen) atoms. The van der Waals surface area contributed by atoms with E-state index in [2.05, 4.69) is 60.1 Å². The van der Waals surface area contributed by atoms with Crippen LogP contribution < -0.4 is 0 Å². The highest BCUT2D eigenvalue weighted by atomic mass is 16.5. The predicted octanol–water partition coefficient (Wildman–Crippen LogP) is 6.79. The van der Waals surface area contributed by atoms with Gasteiger partial charge in [0.2, 0.25) is 0 Å². The summed E-state index contributed by atoms with van der Waals surface area (Å²) in [6.07, 6.45) is 3.23. The summed E-state index contributed by atoms with van der Waals surface area (Å²) in [6.45, 7) is 0. The van der Waals surface area contributed by atoms with Crippen LogP contribution in [0.15, 0.2) is 97.1 Å². The van der Waals surface area contributed by atoms with Crippen molar-refractivity contribution >= 4 is 0 Å². The van der Waals surface area contributed by atoms with Crippen molar-refractivity contribution in [2.45, 2.75) is 37.9 Å². The van der Waals surface area contributed by atoms with Gasteiger partial charge in [-0.15, -0.1) is 0 Å². The Morgan fingerprint density at radius 1 is 0.514 bits per heavy atom. The second-order valence-corrected chi connectivity index (χ2v) is 9.23. The molecular weight excluding hydrogens is 424 g/mol. The Hall–Kier alpha value is -4.04. The minimum atomic E-state index is -0.354. The first-order valence-corrected chi connectivity index (χ1v) is 12.3. The number of aryl methyl sites for hydroxylation is 4. The summed E-state index contributed by atoms with van der Waals surface area (Å²) >= 11 is 0. The van der Waals surface area contributed by atoms with Crippen LogP contribution in [-0.2, 0) is 30.4 Å². The summed E-state index contributed by atoms with van der Waals surface area (Å²) in [4.78, 5) is 0. The molecule has 1 nitrogen and oxygen atoms in total. The van der Waals surface area contributed by atoms with Gasteiger partial charge in [-0.25, -0.2) is 0 Å².